The van der Waals surface area contributed by atoms with Crippen LogP contribution >= 0.6 is 0 Å². The number of carbonyl (C=O) groups excluding carboxylic acids is 4. The molecule has 1 heterocycles. The van der Waals surface area contributed by atoms with E-state index in [1.807, 2.05) is 0 Å². The van der Waals surface area contributed by atoms with Crippen LogP contribution in [0.5, 0.6) is 0 Å². The molecule has 1 amide bonds. The summed E-state index contributed by atoms with van der Waals surface area (Å²) >= 11 is 0. The van der Waals surface area contributed by atoms with E-state index < -0.39 is 61.3 Å². The van der Waals surface area contributed by atoms with E-state index in [1.165, 1.54) is 0 Å². The molecule has 1 saturated heterocycles. The van der Waals surface area contributed by atoms with E-state index in [4.69, 9.17) is 9.47 Å². The Hall–Kier alpha value is -2.26. The van der Waals surface area contributed by atoms with Crippen LogP contribution in [0.15, 0.2) is 0 Å². The predicted octanol–water partition coefficient (Wildman–Crippen LogP) is 0.983. The molecule has 178 valence electrons. The summed E-state index contributed by atoms with van der Waals surface area (Å²) in [5, 5.41) is 2.32. The van der Waals surface area contributed by atoms with Crippen LogP contribution in [0.1, 0.15) is 6.42 Å². The summed E-state index contributed by atoms with van der Waals surface area (Å²) in [5.74, 6) is -10.5. The number of ether oxygens (including phenoxy) is 4. The zero-order chi connectivity index (χ0) is 23.7. The van der Waals surface area contributed by atoms with E-state index in [0.29, 0.717) is 13.2 Å². The number of hydrogen-bond acceptors (Lipinski definition) is 8. The minimum absolute atomic E-state index is 0.0697. The van der Waals surface area contributed by atoms with Crippen LogP contribution in [0.2, 0.25) is 0 Å². The summed E-state index contributed by atoms with van der Waals surface area (Å²) in [6, 6.07) is 0. The van der Waals surface area contributed by atoms with Gasteiger partial charge >= 0.3 is 18.4 Å². The number of amides is 1. The molecule has 1 unspecified atom stereocenters. The van der Waals surface area contributed by atoms with Crippen LogP contribution in [0.25, 0.3) is 0 Å². The highest BCUT2D eigenvalue weighted by molar-refractivity contribution is 6.09. The first kappa shape index (κ1) is 26.8. The van der Waals surface area contributed by atoms with Gasteiger partial charge in [-0.15, -0.1) is 0 Å². The summed E-state index contributed by atoms with van der Waals surface area (Å²) in [6.07, 6.45) is -13.9. The molecule has 1 N–H and O–H groups in total. The van der Waals surface area contributed by atoms with Crippen LogP contribution in [0.4, 0.5) is 31.1 Å². The Morgan fingerprint density at radius 2 is 1.52 bits per heavy atom. The molecule has 1 rings (SSSR count). The van der Waals surface area contributed by atoms with Gasteiger partial charge in [0.25, 0.3) is 0 Å². The summed E-state index contributed by atoms with van der Waals surface area (Å²) in [7, 11) is 0. The van der Waals surface area contributed by atoms with E-state index in [-0.39, 0.29) is 25.9 Å². The zero-order valence-corrected chi connectivity index (χ0v) is 15.8. The second-order valence-corrected chi connectivity index (χ2v) is 6.16. The van der Waals surface area contributed by atoms with Gasteiger partial charge in [-0.3, -0.25) is 14.4 Å². The third-order valence-electron chi connectivity index (χ3n) is 3.57. The van der Waals surface area contributed by atoms with Gasteiger partial charge in [0.1, 0.15) is 25.2 Å². The van der Waals surface area contributed by atoms with Gasteiger partial charge in [-0.25, -0.2) is 4.79 Å². The fraction of sp³-hybridized carbons (Fsp3) is 0.750. The minimum atomic E-state index is -5.73. The lowest BCUT2D eigenvalue weighted by atomic mass is 9.92. The van der Waals surface area contributed by atoms with Crippen molar-refractivity contribution in [3.05, 3.63) is 0 Å². The van der Waals surface area contributed by atoms with Gasteiger partial charge in [-0.05, 0) is 0 Å². The monoisotopic (exact) mass is 467 g/mol. The molecule has 0 aromatic heterocycles. The first-order valence-electron chi connectivity index (χ1n) is 8.74. The second kappa shape index (κ2) is 12.0. The lowest BCUT2D eigenvalue weighted by Gasteiger charge is -2.17. The Bertz CT molecular complexity index is 621. The molecular formula is C16H19F6NO8. The van der Waals surface area contributed by atoms with Crippen molar-refractivity contribution < 1.29 is 64.5 Å². The molecule has 1 aliphatic rings. The van der Waals surface area contributed by atoms with Gasteiger partial charge in [0.05, 0.1) is 26.4 Å². The predicted molar refractivity (Wildman–Crippen MR) is 86.0 cm³/mol. The highest BCUT2D eigenvalue weighted by Crippen LogP contribution is 2.29. The van der Waals surface area contributed by atoms with Crippen molar-refractivity contribution in [3.63, 3.8) is 0 Å². The van der Waals surface area contributed by atoms with Crippen molar-refractivity contribution in [2.24, 2.45) is 5.92 Å². The summed E-state index contributed by atoms with van der Waals surface area (Å²) in [6.45, 7) is -0.448. The average molecular weight is 467 g/mol. The van der Waals surface area contributed by atoms with Crippen molar-refractivity contribution in [3.8, 4) is 0 Å². The Balaban J connectivity index is 2.27. The van der Waals surface area contributed by atoms with E-state index in [0.717, 1.165) is 0 Å². The van der Waals surface area contributed by atoms with Crippen LogP contribution in [0, 0.1) is 5.92 Å². The molecule has 0 aromatic rings. The number of alkyl halides is 6. The van der Waals surface area contributed by atoms with E-state index in [2.05, 4.69) is 14.8 Å². The Labute approximate surface area is 171 Å². The van der Waals surface area contributed by atoms with Gasteiger partial charge in [0.2, 0.25) is 11.6 Å². The van der Waals surface area contributed by atoms with E-state index >= 15 is 0 Å². The molecular weight excluding hydrogens is 448 g/mol. The topological polar surface area (TPSA) is 121 Å². The molecule has 9 nitrogen and oxygen atoms in total. The molecule has 1 aliphatic heterocycles. The van der Waals surface area contributed by atoms with Gasteiger partial charge in [-0.2, -0.15) is 26.3 Å². The molecule has 0 bridgehead atoms. The number of alkyl carbamates (subject to hydrolysis) is 1. The first-order valence-corrected chi connectivity index (χ1v) is 8.74. The molecule has 15 heteroatoms. The van der Waals surface area contributed by atoms with Crippen molar-refractivity contribution >= 4 is 23.4 Å². The Morgan fingerprint density at radius 3 is 2.03 bits per heavy atom. The van der Waals surface area contributed by atoms with Crippen molar-refractivity contribution in [2.75, 3.05) is 46.2 Å². The highest BCUT2D eigenvalue weighted by atomic mass is 19.4. The number of hydrogen-bond donors (Lipinski definition) is 1. The Morgan fingerprint density at radius 1 is 0.935 bits per heavy atom. The summed E-state index contributed by atoms with van der Waals surface area (Å²) < 4.78 is 93.8. The molecule has 0 aromatic carbocycles. The third-order valence-corrected chi connectivity index (χ3v) is 3.57. The van der Waals surface area contributed by atoms with Crippen LogP contribution in [-0.4, -0.2) is 88.1 Å². The second-order valence-electron chi connectivity index (χ2n) is 6.16. The molecule has 1 atom stereocenters. The van der Waals surface area contributed by atoms with Crippen molar-refractivity contribution in [1.29, 1.82) is 0 Å². The van der Waals surface area contributed by atoms with Crippen LogP contribution in [0.3, 0.4) is 0 Å². The van der Waals surface area contributed by atoms with Gasteiger partial charge < -0.3 is 24.3 Å². The molecule has 0 saturated carbocycles. The highest BCUT2D eigenvalue weighted by Gasteiger charge is 2.53. The minimum Gasteiger partial charge on any atom is -0.447 e. The van der Waals surface area contributed by atoms with Crippen molar-refractivity contribution in [2.45, 2.75) is 24.9 Å². The number of Topliss-reactive ketones (excluding diaryl/α,β-unsaturated/α-hetero) is 3. The standard InChI is InChI=1S/C16H19F6NO8/c17-15(18,19)12(25)11(13(26)16(20,21)22)5-9(24)6-29-3-4-30-14(27)23-1-2-28-7-10-8-31-10/h10-11H,1-8H2,(H,23,27). The number of halogens is 6. The number of ketones is 3. The maximum atomic E-state index is 12.4. The molecule has 0 radical (unpaired) electrons. The first-order chi connectivity index (χ1) is 14.3. The fourth-order valence-corrected chi connectivity index (χ4v) is 2.02. The maximum Gasteiger partial charge on any atom is 0.450 e. The van der Waals surface area contributed by atoms with Gasteiger partial charge in [0, 0.05) is 13.0 Å². The molecule has 1 fully saturated rings. The lowest BCUT2D eigenvalue weighted by Crippen LogP contribution is -2.42. The Kier molecular flexibility index (Phi) is 10.3. The van der Waals surface area contributed by atoms with Crippen molar-refractivity contribution in [1.82, 2.24) is 5.32 Å². The number of carbonyl (C=O) groups is 4. The number of nitrogens with one attached hydrogen (secondary N) is 1. The smallest absolute Gasteiger partial charge is 0.447 e. The number of rotatable bonds is 14. The van der Waals surface area contributed by atoms with Gasteiger partial charge in [0.15, 0.2) is 5.78 Å². The molecule has 0 spiro atoms. The molecule has 0 aliphatic carbocycles. The summed E-state index contributed by atoms with van der Waals surface area (Å²) in [4.78, 5) is 45.0. The normalized spacial score (nSPS) is 16.2. The van der Waals surface area contributed by atoms with Gasteiger partial charge in [-0.1, -0.05) is 0 Å². The van der Waals surface area contributed by atoms with Crippen LogP contribution < -0.4 is 5.32 Å². The molecule has 31 heavy (non-hydrogen) atoms. The van der Waals surface area contributed by atoms with Crippen LogP contribution in [-0.2, 0) is 33.3 Å². The average Bonchev–Trinajstić information content (AvgIpc) is 3.47. The van der Waals surface area contributed by atoms with E-state index in [9.17, 15) is 45.5 Å². The maximum absolute atomic E-state index is 12.4. The zero-order valence-electron chi connectivity index (χ0n) is 15.8. The summed E-state index contributed by atoms with van der Waals surface area (Å²) in [5.41, 5.74) is 0. The SMILES string of the molecule is O=C(COCCOC(=O)NCCOCC1CO1)CC(C(=O)C(F)(F)F)C(=O)C(F)(F)F. The quantitative estimate of drug-likeness (QED) is 0.174. The number of epoxide rings is 1. The van der Waals surface area contributed by atoms with E-state index in [1.54, 1.807) is 0 Å². The largest absolute Gasteiger partial charge is 0.450 e. The fourth-order valence-electron chi connectivity index (χ4n) is 2.02. The lowest BCUT2D eigenvalue weighted by molar-refractivity contribution is -0.190. The third kappa shape index (κ3) is 11.1.